The highest BCUT2D eigenvalue weighted by Crippen LogP contribution is 2.40. The molecule has 2 fully saturated rings. The fourth-order valence-electron chi connectivity index (χ4n) is 4.27. The van der Waals surface area contributed by atoms with Crippen molar-refractivity contribution in [3.8, 4) is 11.5 Å². The summed E-state index contributed by atoms with van der Waals surface area (Å²) in [5, 5.41) is 11.4. The molecule has 2 aromatic rings. The largest absolute Gasteiger partial charge is 0.493 e. The molecule has 1 saturated heterocycles. The third-order valence-corrected chi connectivity index (χ3v) is 6.20. The Kier molecular flexibility index (Phi) is 5.50. The van der Waals surface area contributed by atoms with E-state index in [1.807, 2.05) is 36.6 Å². The molecule has 0 spiro atoms. The van der Waals surface area contributed by atoms with Crippen LogP contribution in [0.2, 0.25) is 0 Å². The number of rotatable bonds is 5. The molecule has 2 heterocycles. The minimum atomic E-state index is -0.497. The summed E-state index contributed by atoms with van der Waals surface area (Å²) >= 11 is 1.49. The van der Waals surface area contributed by atoms with Crippen LogP contribution in [0.5, 0.6) is 11.5 Å². The van der Waals surface area contributed by atoms with Crippen LogP contribution in [0.3, 0.4) is 0 Å². The molecule has 0 bridgehead atoms. The van der Waals surface area contributed by atoms with E-state index >= 15 is 0 Å². The van der Waals surface area contributed by atoms with E-state index in [0.29, 0.717) is 34.3 Å². The number of hydrogen-bond donors (Lipinski definition) is 2. The molecule has 0 radical (unpaired) electrons. The van der Waals surface area contributed by atoms with Crippen LogP contribution < -0.4 is 20.1 Å². The molecule has 4 rings (SSSR count). The van der Waals surface area contributed by atoms with Gasteiger partial charge in [-0.25, -0.2) is 9.97 Å². The number of thioether (sulfide) groups is 1. The molecule has 7 nitrogen and oxygen atoms in total. The zero-order valence-electron chi connectivity index (χ0n) is 16.1. The smallest absolute Gasteiger partial charge is 0.191 e. The molecule has 1 aromatic heterocycles. The lowest BCUT2D eigenvalue weighted by atomic mass is 9.78. The average Bonchev–Trinajstić information content (AvgIpc) is 3.11. The number of anilines is 2. The first-order chi connectivity index (χ1) is 13.6. The van der Waals surface area contributed by atoms with Gasteiger partial charge in [-0.3, -0.25) is 0 Å². The van der Waals surface area contributed by atoms with Gasteiger partial charge in [-0.1, -0.05) is 23.9 Å². The Balaban J connectivity index is 1.47. The first-order valence-corrected chi connectivity index (χ1v) is 10.7. The molecule has 28 heavy (non-hydrogen) atoms. The third-order valence-electron chi connectivity index (χ3n) is 5.65. The number of para-hydroxylation sites is 2. The summed E-state index contributed by atoms with van der Waals surface area (Å²) in [5.74, 6) is 3.57. The first kappa shape index (κ1) is 19.1. The van der Waals surface area contributed by atoms with Crippen molar-refractivity contribution in [2.45, 2.75) is 30.2 Å². The standard InChI is InChI=1S/C20H26N4O3S/c1-26-15-5-3-4-6-16(15)27-17-8-13-11-24(10-12(13)7-14(17)25)19-9-18(21)22-20(23-19)28-2/h3-6,9,12-14,17,25H,7-8,10-11H2,1-2H3,(H2,21,22,23)/t12-,13+,14+,17+/m0/s1. The second-order valence-corrected chi connectivity index (χ2v) is 8.18. The number of nitrogens with two attached hydrogens (primary N) is 1. The van der Waals surface area contributed by atoms with E-state index in [4.69, 9.17) is 15.2 Å². The van der Waals surface area contributed by atoms with Crippen molar-refractivity contribution in [2.75, 3.05) is 37.1 Å². The van der Waals surface area contributed by atoms with E-state index < -0.39 is 6.10 Å². The van der Waals surface area contributed by atoms with Crippen molar-refractivity contribution < 1.29 is 14.6 Å². The highest BCUT2D eigenvalue weighted by Gasteiger charge is 2.43. The number of aromatic nitrogens is 2. The Morgan fingerprint density at radius 1 is 1.14 bits per heavy atom. The van der Waals surface area contributed by atoms with E-state index in [2.05, 4.69) is 14.9 Å². The molecule has 1 aromatic carbocycles. The molecule has 1 saturated carbocycles. The second kappa shape index (κ2) is 8.05. The predicted octanol–water partition coefficient (Wildman–Crippen LogP) is 2.44. The number of methoxy groups -OCH3 is 1. The quantitative estimate of drug-likeness (QED) is 0.582. The van der Waals surface area contributed by atoms with Gasteiger partial charge in [0.05, 0.1) is 13.2 Å². The van der Waals surface area contributed by atoms with E-state index in [1.54, 1.807) is 7.11 Å². The Hall–Kier alpha value is -2.19. The molecule has 0 amide bonds. The summed E-state index contributed by atoms with van der Waals surface area (Å²) in [6, 6.07) is 9.40. The van der Waals surface area contributed by atoms with Gasteiger partial charge in [-0.2, -0.15) is 0 Å². The maximum atomic E-state index is 10.7. The van der Waals surface area contributed by atoms with Crippen LogP contribution >= 0.6 is 11.8 Å². The van der Waals surface area contributed by atoms with Gasteiger partial charge in [0.2, 0.25) is 0 Å². The van der Waals surface area contributed by atoms with E-state index in [-0.39, 0.29) is 6.10 Å². The molecule has 8 heteroatoms. The van der Waals surface area contributed by atoms with Crippen LogP contribution in [-0.2, 0) is 0 Å². The van der Waals surface area contributed by atoms with Gasteiger partial charge >= 0.3 is 0 Å². The van der Waals surface area contributed by atoms with E-state index in [1.165, 1.54) is 11.8 Å². The predicted molar refractivity (Wildman–Crippen MR) is 110 cm³/mol. The monoisotopic (exact) mass is 402 g/mol. The first-order valence-electron chi connectivity index (χ1n) is 9.48. The molecule has 2 aliphatic rings. The topological polar surface area (TPSA) is 93.7 Å². The van der Waals surface area contributed by atoms with Gasteiger partial charge in [0.25, 0.3) is 0 Å². The number of benzene rings is 1. The van der Waals surface area contributed by atoms with Gasteiger partial charge in [0.15, 0.2) is 16.7 Å². The summed E-state index contributed by atoms with van der Waals surface area (Å²) in [6.07, 6.45) is 2.73. The fraction of sp³-hybridized carbons (Fsp3) is 0.500. The lowest BCUT2D eigenvalue weighted by Crippen LogP contribution is -2.42. The highest BCUT2D eigenvalue weighted by atomic mass is 32.2. The van der Waals surface area contributed by atoms with E-state index in [9.17, 15) is 5.11 Å². The fourth-order valence-corrected chi connectivity index (χ4v) is 4.65. The molecule has 0 unspecified atom stereocenters. The molecule has 150 valence electrons. The summed E-state index contributed by atoms with van der Waals surface area (Å²) in [4.78, 5) is 11.1. The lowest BCUT2D eigenvalue weighted by molar-refractivity contribution is -0.0240. The molecule has 4 atom stereocenters. The summed E-state index contributed by atoms with van der Waals surface area (Å²) < 4.78 is 11.5. The minimum absolute atomic E-state index is 0.241. The van der Waals surface area contributed by atoms with Gasteiger partial charge in [0.1, 0.15) is 17.7 Å². The average molecular weight is 403 g/mol. The number of aliphatic hydroxyl groups excluding tert-OH is 1. The van der Waals surface area contributed by atoms with Crippen LogP contribution in [0, 0.1) is 11.8 Å². The Bertz CT molecular complexity index is 837. The SMILES string of the molecule is COc1ccccc1O[C@@H]1C[C@@H]2CN(c3cc(N)nc(SC)n3)C[C@@H]2C[C@H]1O. The Morgan fingerprint density at radius 2 is 1.86 bits per heavy atom. The number of aliphatic hydroxyl groups is 1. The minimum Gasteiger partial charge on any atom is -0.493 e. The van der Waals surface area contributed by atoms with Gasteiger partial charge in [-0.05, 0) is 43.1 Å². The number of nitrogen functional groups attached to an aromatic ring is 1. The maximum absolute atomic E-state index is 10.7. The molecule has 1 aliphatic carbocycles. The zero-order valence-corrected chi connectivity index (χ0v) is 16.9. The van der Waals surface area contributed by atoms with Crippen LogP contribution in [-0.4, -0.2) is 53.7 Å². The number of nitrogens with zero attached hydrogens (tertiary/aromatic N) is 3. The molecule has 3 N–H and O–H groups in total. The van der Waals surface area contributed by atoms with Crippen LogP contribution in [0.4, 0.5) is 11.6 Å². The molecular formula is C20H26N4O3S. The lowest BCUT2D eigenvalue weighted by Gasteiger charge is -2.35. The zero-order chi connectivity index (χ0) is 19.7. The van der Waals surface area contributed by atoms with Crippen LogP contribution in [0.25, 0.3) is 0 Å². The number of fused-ring (bicyclic) bond motifs is 1. The van der Waals surface area contributed by atoms with Crippen molar-refractivity contribution in [1.29, 1.82) is 0 Å². The third kappa shape index (κ3) is 3.84. The van der Waals surface area contributed by atoms with Gasteiger partial charge in [-0.15, -0.1) is 0 Å². The molecular weight excluding hydrogens is 376 g/mol. The van der Waals surface area contributed by atoms with Gasteiger partial charge < -0.3 is 25.2 Å². The number of ether oxygens (including phenoxy) is 2. The van der Waals surface area contributed by atoms with Crippen molar-refractivity contribution in [1.82, 2.24) is 9.97 Å². The van der Waals surface area contributed by atoms with Crippen molar-refractivity contribution >= 4 is 23.4 Å². The summed E-state index contributed by atoms with van der Waals surface area (Å²) in [6.45, 7) is 1.75. The Labute approximate surface area is 169 Å². The van der Waals surface area contributed by atoms with Gasteiger partial charge in [0, 0.05) is 19.2 Å². The van der Waals surface area contributed by atoms with Crippen LogP contribution in [0.15, 0.2) is 35.5 Å². The highest BCUT2D eigenvalue weighted by molar-refractivity contribution is 7.98. The molecule has 1 aliphatic heterocycles. The summed E-state index contributed by atoms with van der Waals surface area (Å²) in [7, 11) is 1.63. The van der Waals surface area contributed by atoms with Crippen molar-refractivity contribution in [3.05, 3.63) is 30.3 Å². The van der Waals surface area contributed by atoms with Crippen molar-refractivity contribution in [2.24, 2.45) is 11.8 Å². The maximum Gasteiger partial charge on any atom is 0.191 e. The summed E-state index contributed by atoms with van der Waals surface area (Å²) in [5.41, 5.74) is 5.94. The Morgan fingerprint density at radius 3 is 2.57 bits per heavy atom. The normalized spacial score (nSPS) is 26.8. The number of hydrogen-bond acceptors (Lipinski definition) is 8. The van der Waals surface area contributed by atoms with Crippen LogP contribution in [0.1, 0.15) is 12.8 Å². The van der Waals surface area contributed by atoms with E-state index in [0.717, 1.165) is 31.7 Å². The second-order valence-electron chi connectivity index (χ2n) is 7.41. The van der Waals surface area contributed by atoms with Crippen molar-refractivity contribution in [3.63, 3.8) is 0 Å².